The number of rotatable bonds is 9. The van der Waals surface area contributed by atoms with Gasteiger partial charge in [0.25, 0.3) is 11.8 Å². The Hall–Kier alpha value is -2.30. The van der Waals surface area contributed by atoms with E-state index in [-0.39, 0.29) is 46.1 Å². The minimum absolute atomic E-state index is 0. The lowest BCUT2D eigenvalue weighted by molar-refractivity contribution is -0.696. The number of nitrogen functional groups attached to an aromatic ring is 1. The Morgan fingerprint density at radius 2 is 2.10 bits per heavy atom. The van der Waals surface area contributed by atoms with E-state index in [1.54, 1.807) is 0 Å². The first-order valence-corrected chi connectivity index (χ1v) is 15.6. The maximum atomic E-state index is 13.3. The van der Waals surface area contributed by atoms with Crippen LogP contribution >= 0.6 is 30.7 Å². The predicted octanol–water partition coefficient (Wildman–Crippen LogP) is -1.23. The van der Waals surface area contributed by atoms with Gasteiger partial charge in [-0.1, -0.05) is 0 Å². The molecule has 0 radical (unpaired) electrons. The number of thiazole rings is 1. The first-order chi connectivity index (χ1) is 18.7. The van der Waals surface area contributed by atoms with Crippen molar-refractivity contribution in [1.29, 1.82) is 0 Å². The zero-order valence-electron chi connectivity index (χ0n) is 21.5. The van der Waals surface area contributed by atoms with E-state index < -0.39 is 36.8 Å². The molecule has 5 rings (SSSR count). The summed E-state index contributed by atoms with van der Waals surface area (Å²) in [5, 5.41) is 13.8. The van der Waals surface area contributed by atoms with Gasteiger partial charge in [-0.25, -0.2) is 9.78 Å². The minimum Gasteiger partial charge on any atom is -1.00 e. The highest BCUT2D eigenvalue weighted by Crippen LogP contribution is 2.50. The Labute approximate surface area is 255 Å². The van der Waals surface area contributed by atoms with Gasteiger partial charge in [0.15, 0.2) is 23.6 Å². The molecule has 2 amide bonds. The number of hydrogen-bond acceptors (Lipinski definition) is 10. The molecule has 0 aromatic carbocycles. The number of carboxylic acids is 1. The number of aromatic nitrogens is 2. The van der Waals surface area contributed by atoms with Crippen molar-refractivity contribution in [3.63, 3.8) is 0 Å². The topological polar surface area (TPSA) is 165 Å². The van der Waals surface area contributed by atoms with E-state index in [0.29, 0.717) is 17.9 Å². The van der Waals surface area contributed by atoms with E-state index in [1.165, 1.54) is 47.5 Å². The van der Waals surface area contributed by atoms with Crippen LogP contribution in [0.1, 0.15) is 23.4 Å². The Morgan fingerprint density at radius 3 is 2.75 bits per heavy atom. The monoisotopic (exact) mass is 719 g/mol. The van der Waals surface area contributed by atoms with E-state index in [9.17, 15) is 24.1 Å². The van der Waals surface area contributed by atoms with Crippen LogP contribution in [0.5, 0.6) is 0 Å². The SMILES string of the molecule is COP(=O)(/C=C(\C(=O)N[C@@H]1C(=O)N2C(C(=O)O)=C(C[n+]3cccc4c3CCC4)CS[C@H]12)c1csc(N)n1)OC.[I-]. The molecule has 0 saturated carbocycles. The zero-order valence-corrected chi connectivity index (χ0v) is 26.2. The molecular formula is C24H27IN5O7PS2. The lowest BCUT2D eigenvalue weighted by Gasteiger charge is -2.49. The second kappa shape index (κ2) is 12.3. The van der Waals surface area contributed by atoms with Gasteiger partial charge < -0.3 is 49.2 Å². The normalized spacial score (nSPS) is 20.4. The van der Waals surface area contributed by atoms with Crippen LogP contribution in [0.3, 0.4) is 0 Å². The van der Waals surface area contributed by atoms with Crippen LogP contribution in [0, 0.1) is 0 Å². The third-order valence-electron chi connectivity index (χ3n) is 6.88. The number of nitrogens with zero attached hydrogens (tertiary/aromatic N) is 3. The number of hydrogen-bond donors (Lipinski definition) is 3. The lowest BCUT2D eigenvalue weighted by Crippen LogP contribution is -3.00. The zero-order chi connectivity index (χ0) is 27.9. The molecule has 1 aliphatic carbocycles. The second-order valence-corrected chi connectivity index (χ2v) is 13.2. The van der Waals surface area contributed by atoms with Crippen LogP contribution in [0.2, 0.25) is 0 Å². The molecule has 1 fully saturated rings. The highest BCUT2D eigenvalue weighted by Gasteiger charge is 2.55. The van der Waals surface area contributed by atoms with Gasteiger partial charge in [-0.15, -0.1) is 23.1 Å². The summed E-state index contributed by atoms with van der Waals surface area (Å²) in [5.74, 6) is -1.07. The Morgan fingerprint density at radius 1 is 1.35 bits per heavy atom. The number of anilines is 1. The number of aryl methyl sites for hydroxylation is 1. The average Bonchev–Trinajstić information content (AvgIpc) is 3.59. The quantitative estimate of drug-likeness (QED) is 0.0941. The third kappa shape index (κ3) is 5.72. The van der Waals surface area contributed by atoms with Gasteiger partial charge in [0, 0.05) is 54.8 Å². The standard InChI is InChI=1S/C24H26N5O7PS2.HI/c1-35-37(34,36-2)10-15(16-12-39-24(25)26-16)20(30)27-18-21(31)29-19(23(32)33)14(11-38-22(18)29)9-28-8-4-6-13-5-3-7-17(13)28;/h4,6,8,10,12,18,22H,3,5,7,9,11H2,1-2H3,(H3-,25,26,27,30,32,33);1H/b15-10-;/t18-,22-;/m1./s1. The van der Waals surface area contributed by atoms with Crippen LogP contribution in [-0.2, 0) is 47.4 Å². The van der Waals surface area contributed by atoms with Gasteiger partial charge in [0.05, 0.1) is 11.3 Å². The maximum Gasteiger partial charge on any atom is 0.354 e. The van der Waals surface area contributed by atoms with Crippen LogP contribution in [-0.4, -0.2) is 64.2 Å². The Balaban J connectivity index is 0.00000370. The maximum absolute atomic E-state index is 13.3. The van der Waals surface area contributed by atoms with Crippen molar-refractivity contribution in [1.82, 2.24) is 15.2 Å². The molecule has 4 N–H and O–H groups in total. The molecule has 1 saturated heterocycles. The smallest absolute Gasteiger partial charge is 0.354 e. The summed E-state index contributed by atoms with van der Waals surface area (Å²) < 4.78 is 24.7. The molecule has 4 heterocycles. The molecule has 2 aliphatic heterocycles. The van der Waals surface area contributed by atoms with E-state index in [2.05, 4.69) is 20.9 Å². The number of pyridine rings is 1. The van der Waals surface area contributed by atoms with Gasteiger partial charge in [-0.2, -0.15) is 4.57 Å². The number of carbonyl (C=O) groups excluding carboxylic acids is 2. The number of nitrogens with two attached hydrogens (primary N) is 1. The number of halogens is 1. The highest BCUT2D eigenvalue weighted by molar-refractivity contribution is 8.00. The highest BCUT2D eigenvalue weighted by atomic mass is 127. The van der Waals surface area contributed by atoms with E-state index in [4.69, 9.17) is 14.8 Å². The predicted molar refractivity (Wildman–Crippen MR) is 144 cm³/mol. The lowest BCUT2D eigenvalue weighted by atomic mass is 10.0. The molecule has 2 atom stereocenters. The van der Waals surface area contributed by atoms with Crippen molar-refractivity contribution in [3.05, 3.63) is 57.7 Å². The number of carboxylic acid groups (broad SMARTS) is 1. The number of carbonyl (C=O) groups is 3. The minimum atomic E-state index is -3.78. The molecule has 2 aromatic heterocycles. The second-order valence-electron chi connectivity index (χ2n) is 9.10. The van der Waals surface area contributed by atoms with Crippen LogP contribution in [0.15, 0.2) is 40.8 Å². The summed E-state index contributed by atoms with van der Waals surface area (Å²) in [6, 6.07) is 3.05. The van der Waals surface area contributed by atoms with Gasteiger partial charge in [0.2, 0.25) is 0 Å². The Bertz CT molecular complexity index is 1470. The van der Waals surface area contributed by atoms with Gasteiger partial charge >= 0.3 is 13.6 Å². The number of fused-ring (bicyclic) bond motifs is 2. The van der Waals surface area contributed by atoms with Crippen molar-refractivity contribution < 1.29 is 61.6 Å². The molecule has 16 heteroatoms. The van der Waals surface area contributed by atoms with Gasteiger partial charge in [-0.05, 0) is 18.9 Å². The fourth-order valence-corrected chi connectivity index (χ4v) is 7.80. The van der Waals surface area contributed by atoms with Crippen molar-refractivity contribution >= 4 is 59.2 Å². The summed E-state index contributed by atoms with van der Waals surface area (Å²) in [6.07, 6.45) is 4.92. The van der Waals surface area contributed by atoms with Crippen molar-refractivity contribution in [3.8, 4) is 0 Å². The third-order valence-corrected chi connectivity index (χ3v) is 10.5. The van der Waals surface area contributed by atoms with Crippen molar-refractivity contribution in [2.24, 2.45) is 0 Å². The van der Waals surface area contributed by atoms with Crippen LogP contribution < -0.4 is 39.6 Å². The van der Waals surface area contributed by atoms with Crippen molar-refractivity contribution in [2.75, 3.05) is 25.7 Å². The van der Waals surface area contributed by atoms with Crippen molar-refractivity contribution in [2.45, 2.75) is 37.2 Å². The fraction of sp³-hybridized carbons (Fsp3) is 0.375. The number of nitrogens with one attached hydrogen (secondary N) is 1. The first kappa shape index (κ1) is 30.7. The van der Waals surface area contributed by atoms with E-state index >= 15 is 0 Å². The van der Waals surface area contributed by atoms with E-state index in [1.807, 2.05) is 12.3 Å². The number of amides is 2. The summed E-state index contributed by atoms with van der Waals surface area (Å²) in [5.41, 5.74) is 8.76. The largest absolute Gasteiger partial charge is 1.00 e. The average molecular weight is 720 g/mol. The molecule has 12 nitrogen and oxygen atoms in total. The molecule has 2 aromatic rings. The van der Waals surface area contributed by atoms with Crippen LogP contribution in [0.25, 0.3) is 5.57 Å². The molecule has 214 valence electrons. The molecule has 0 unspecified atom stereocenters. The molecular weight excluding hydrogens is 692 g/mol. The number of β-lactam (4-membered cyclic amide) rings is 1. The van der Waals surface area contributed by atoms with Gasteiger partial charge in [0.1, 0.15) is 17.1 Å². The number of thioether (sulfide) groups is 1. The number of aliphatic carboxylic acids is 1. The van der Waals surface area contributed by atoms with Crippen LogP contribution in [0.4, 0.5) is 5.13 Å². The molecule has 0 bridgehead atoms. The van der Waals surface area contributed by atoms with Gasteiger partial charge in [-0.3, -0.25) is 19.1 Å². The molecule has 3 aliphatic rings. The summed E-state index contributed by atoms with van der Waals surface area (Å²) >= 11 is 2.46. The Kier molecular flexibility index (Phi) is 9.42. The summed E-state index contributed by atoms with van der Waals surface area (Å²) in [4.78, 5) is 44.2. The fourth-order valence-electron chi connectivity index (χ4n) is 4.98. The molecule has 40 heavy (non-hydrogen) atoms. The first-order valence-electron chi connectivity index (χ1n) is 12.0. The summed E-state index contributed by atoms with van der Waals surface area (Å²) in [7, 11) is -1.43. The summed E-state index contributed by atoms with van der Waals surface area (Å²) in [6.45, 7) is 0.368. The van der Waals surface area contributed by atoms with E-state index in [0.717, 1.165) is 36.4 Å². The molecule has 0 spiro atoms.